The molecule has 0 heterocycles. The molecular weight excluding hydrogens is 1130 g/mol. The van der Waals surface area contributed by atoms with E-state index in [1.54, 1.807) is 6.08 Å². The van der Waals surface area contributed by atoms with Gasteiger partial charge in [-0.15, -0.1) is 0 Å². The van der Waals surface area contributed by atoms with Crippen LogP contribution in [0, 0.1) is 0 Å². The van der Waals surface area contributed by atoms with Crippen molar-refractivity contribution in [2.45, 2.75) is 463 Å². The van der Waals surface area contributed by atoms with Gasteiger partial charge in [0, 0.05) is 12.8 Å². The van der Waals surface area contributed by atoms with E-state index in [9.17, 15) is 19.8 Å². The van der Waals surface area contributed by atoms with E-state index in [-0.39, 0.29) is 18.5 Å². The summed E-state index contributed by atoms with van der Waals surface area (Å²) in [5, 5.41) is 23.2. The third-order valence-electron chi connectivity index (χ3n) is 19.3. The first-order chi connectivity index (χ1) is 45.5. The van der Waals surface area contributed by atoms with Gasteiger partial charge in [-0.2, -0.15) is 0 Å². The van der Waals surface area contributed by atoms with Gasteiger partial charge in [-0.05, 0) is 96.3 Å². The highest BCUT2D eigenvalue weighted by Gasteiger charge is 2.18. The van der Waals surface area contributed by atoms with E-state index < -0.39 is 12.1 Å². The van der Waals surface area contributed by atoms with Crippen LogP contribution >= 0.6 is 0 Å². The maximum absolute atomic E-state index is 12.5. The lowest BCUT2D eigenvalue weighted by Crippen LogP contribution is -2.45. The van der Waals surface area contributed by atoms with Crippen molar-refractivity contribution >= 4 is 11.9 Å². The second-order valence-corrected chi connectivity index (χ2v) is 28.4. The second-order valence-electron chi connectivity index (χ2n) is 28.4. The molecule has 0 saturated carbocycles. The van der Waals surface area contributed by atoms with Gasteiger partial charge in [0.2, 0.25) is 5.91 Å². The number of rotatable bonds is 78. The molecule has 0 fully saturated rings. The van der Waals surface area contributed by atoms with E-state index in [0.717, 1.165) is 57.8 Å². The van der Waals surface area contributed by atoms with E-state index >= 15 is 0 Å². The lowest BCUT2D eigenvalue weighted by atomic mass is 10.0. The summed E-state index contributed by atoms with van der Waals surface area (Å²) in [7, 11) is 0. The van der Waals surface area contributed by atoms with Crippen LogP contribution in [0.3, 0.4) is 0 Å². The van der Waals surface area contributed by atoms with E-state index in [2.05, 4.69) is 67.8 Å². The number of aliphatic hydroxyl groups is 2. The average molecular weight is 1290 g/mol. The van der Waals surface area contributed by atoms with Crippen LogP contribution < -0.4 is 5.32 Å². The van der Waals surface area contributed by atoms with Crippen molar-refractivity contribution in [3.05, 3.63) is 60.8 Å². The smallest absolute Gasteiger partial charge is 0.305 e. The molecule has 3 N–H and O–H groups in total. The molecular formula is C86H161NO5. The van der Waals surface area contributed by atoms with Crippen molar-refractivity contribution in [2.24, 2.45) is 0 Å². The van der Waals surface area contributed by atoms with Crippen molar-refractivity contribution in [1.29, 1.82) is 0 Å². The average Bonchev–Trinajstić information content (AvgIpc) is 3.60. The maximum Gasteiger partial charge on any atom is 0.305 e. The van der Waals surface area contributed by atoms with E-state index in [1.807, 2.05) is 6.08 Å². The first-order valence-corrected chi connectivity index (χ1v) is 41.6. The zero-order valence-corrected chi connectivity index (χ0v) is 62.0. The molecule has 0 saturated heterocycles. The SMILES string of the molecule is CCCCC/C=C\C/C=C\CCCCCCCCCCCC(=O)OCCCCCCCCCCCCCCCCC/C=C\C/C=C\CCCCCCCCCCCCCCCCCCCC(=O)NC(CO)C(O)/C=C/CCCCCCCCCCCCCCCCC. The fourth-order valence-corrected chi connectivity index (χ4v) is 12.9. The Morgan fingerprint density at radius 1 is 0.304 bits per heavy atom. The molecule has 0 spiro atoms. The quantitative estimate of drug-likeness (QED) is 0.0320. The van der Waals surface area contributed by atoms with Gasteiger partial charge >= 0.3 is 5.97 Å². The second kappa shape index (κ2) is 81.0. The Labute approximate surface area is 575 Å². The summed E-state index contributed by atoms with van der Waals surface area (Å²) in [5.74, 6) is -0.0451. The largest absolute Gasteiger partial charge is 0.466 e. The molecule has 92 heavy (non-hydrogen) atoms. The van der Waals surface area contributed by atoms with Gasteiger partial charge < -0.3 is 20.3 Å². The third kappa shape index (κ3) is 76.6. The molecule has 6 nitrogen and oxygen atoms in total. The molecule has 0 aliphatic carbocycles. The van der Waals surface area contributed by atoms with Gasteiger partial charge in [-0.1, -0.05) is 402 Å². The Bertz CT molecular complexity index is 1580. The molecule has 0 radical (unpaired) electrons. The molecule has 0 aromatic rings. The number of hydrogen-bond acceptors (Lipinski definition) is 5. The minimum atomic E-state index is -0.843. The minimum Gasteiger partial charge on any atom is -0.466 e. The Balaban J connectivity index is 3.36. The topological polar surface area (TPSA) is 95.9 Å². The summed E-state index contributed by atoms with van der Waals surface area (Å²) in [6.07, 6.45) is 109. The molecule has 2 atom stereocenters. The highest BCUT2D eigenvalue weighted by molar-refractivity contribution is 5.76. The van der Waals surface area contributed by atoms with Crippen LogP contribution in [0.2, 0.25) is 0 Å². The maximum atomic E-state index is 12.5. The normalized spacial score (nSPS) is 12.8. The molecule has 0 rings (SSSR count). The van der Waals surface area contributed by atoms with Gasteiger partial charge in [0.05, 0.1) is 25.4 Å². The number of carbonyl (C=O) groups is 2. The summed E-state index contributed by atoms with van der Waals surface area (Å²) in [6.45, 7) is 4.92. The van der Waals surface area contributed by atoms with Gasteiger partial charge in [0.1, 0.15) is 0 Å². The monoisotopic (exact) mass is 1290 g/mol. The van der Waals surface area contributed by atoms with E-state index in [1.165, 1.54) is 366 Å². The summed E-state index contributed by atoms with van der Waals surface area (Å²) in [5.41, 5.74) is 0. The Morgan fingerprint density at radius 2 is 0.543 bits per heavy atom. The van der Waals surface area contributed by atoms with Crippen LogP contribution in [0.5, 0.6) is 0 Å². The van der Waals surface area contributed by atoms with Crippen molar-refractivity contribution < 1.29 is 24.5 Å². The predicted octanol–water partition coefficient (Wildman–Crippen LogP) is 27.7. The lowest BCUT2D eigenvalue weighted by Gasteiger charge is -2.20. The molecule has 540 valence electrons. The summed E-state index contributed by atoms with van der Waals surface area (Å²) in [6, 6.07) is -0.627. The number of ether oxygens (including phenoxy) is 1. The van der Waals surface area contributed by atoms with Crippen LogP contribution in [0.15, 0.2) is 60.8 Å². The molecule has 0 aliphatic heterocycles. The third-order valence-corrected chi connectivity index (χ3v) is 19.3. The van der Waals surface area contributed by atoms with E-state index in [0.29, 0.717) is 19.4 Å². The fraction of sp³-hybridized carbons (Fsp3) is 0.860. The summed E-state index contributed by atoms with van der Waals surface area (Å²) in [4.78, 5) is 24.7. The molecule has 0 aromatic carbocycles. The first-order valence-electron chi connectivity index (χ1n) is 41.6. The number of unbranched alkanes of at least 4 members (excludes halogenated alkanes) is 59. The van der Waals surface area contributed by atoms with E-state index in [4.69, 9.17) is 4.74 Å². The summed E-state index contributed by atoms with van der Waals surface area (Å²) >= 11 is 0. The van der Waals surface area contributed by atoms with Crippen LogP contribution in [-0.2, 0) is 14.3 Å². The molecule has 0 bridgehead atoms. The number of carbonyl (C=O) groups excluding carboxylic acids is 2. The molecule has 1 amide bonds. The van der Waals surface area contributed by atoms with Gasteiger partial charge in [0.15, 0.2) is 0 Å². The van der Waals surface area contributed by atoms with Crippen LogP contribution in [0.4, 0.5) is 0 Å². The Morgan fingerprint density at radius 3 is 0.848 bits per heavy atom. The van der Waals surface area contributed by atoms with Gasteiger partial charge in [-0.3, -0.25) is 9.59 Å². The van der Waals surface area contributed by atoms with Crippen molar-refractivity contribution in [3.63, 3.8) is 0 Å². The van der Waals surface area contributed by atoms with Gasteiger partial charge in [0.25, 0.3) is 0 Å². The number of aliphatic hydroxyl groups excluding tert-OH is 2. The van der Waals surface area contributed by atoms with Gasteiger partial charge in [-0.25, -0.2) is 0 Å². The molecule has 2 unspecified atom stereocenters. The lowest BCUT2D eigenvalue weighted by molar-refractivity contribution is -0.143. The Hall–Kier alpha value is -2.44. The zero-order valence-electron chi connectivity index (χ0n) is 62.0. The Kier molecular flexibility index (Phi) is 78.8. The first kappa shape index (κ1) is 89.6. The van der Waals surface area contributed by atoms with Crippen LogP contribution in [0.25, 0.3) is 0 Å². The van der Waals surface area contributed by atoms with Crippen LogP contribution in [-0.4, -0.2) is 47.4 Å². The molecule has 0 aliphatic rings. The minimum absolute atomic E-state index is 0.0167. The fourth-order valence-electron chi connectivity index (χ4n) is 12.9. The number of esters is 1. The number of hydrogen-bond donors (Lipinski definition) is 3. The number of nitrogens with one attached hydrogen (secondary N) is 1. The highest BCUT2D eigenvalue weighted by atomic mass is 16.5. The number of amides is 1. The highest BCUT2D eigenvalue weighted by Crippen LogP contribution is 2.19. The standard InChI is InChI=1S/C86H161NO5/c1-3-5-7-9-11-13-15-17-19-21-43-48-52-56-60-64-68-72-76-80-86(91)92-81-77-73-69-65-61-57-53-49-45-42-40-38-36-34-32-30-28-26-24-22-23-25-27-29-31-33-35-37-39-41-44-47-51-55-59-63-67-71-75-79-85(90)87-83(82-88)84(89)78-74-70-66-62-58-54-50-46-20-18-16-14-12-10-8-6-4-2/h11,13,17,19,22-23,26,28,74,78,83-84,88-89H,3-10,12,14-16,18,20-21,24-25,27,29-73,75-77,79-82H2,1-2H3,(H,87,90)/b13-11-,19-17-,23-22-,28-26-,78-74+. The molecule has 6 heteroatoms. The van der Waals surface area contributed by atoms with Crippen molar-refractivity contribution in [2.75, 3.05) is 13.2 Å². The van der Waals surface area contributed by atoms with Crippen LogP contribution in [0.1, 0.15) is 450 Å². The van der Waals surface area contributed by atoms with Crippen molar-refractivity contribution in [3.8, 4) is 0 Å². The number of allylic oxidation sites excluding steroid dienone is 9. The predicted molar refractivity (Wildman–Crippen MR) is 407 cm³/mol. The summed E-state index contributed by atoms with van der Waals surface area (Å²) < 4.78 is 5.52. The zero-order chi connectivity index (χ0) is 66.3. The molecule has 0 aromatic heterocycles. The van der Waals surface area contributed by atoms with Crippen molar-refractivity contribution in [1.82, 2.24) is 5.32 Å².